The van der Waals surface area contributed by atoms with Gasteiger partial charge in [-0.2, -0.15) is 5.10 Å². The predicted octanol–water partition coefficient (Wildman–Crippen LogP) is 6.10. The molecule has 0 saturated carbocycles. The summed E-state index contributed by atoms with van der Waals surface area (Å²) in [5.74, 6) is 1.54. The van der Waals surface area contributed by atoms with E-state index in [1.54, 1.807) is 10.9 Å². The van der Waals surface area contributed by atoms with E-state index in [2.05, 4.69) is 20.4 Å². The van der Waals surface area contributed by atoms with Crippen molar-refractivity contribution in [3.05, 3.63) is 101 Å². The molecule has 0 fully saturated rings. The van der Waals surface area contributed by atoms with Crippen LogP contribution in [0.2, 0.25) is 5.02 Å². The number of benzene rings is 3. The van der Waals surface area contributed by atoms with Gasteiger partial charge in [-0.05, 0) is 54.4 Å². The molecule has 5 aromatic rings. The van der Waals surface area contributed by atoms with Crippen molar-refractivity contribution in [1.82, 2.24) is 19.7 Å². The summed E-state index contributed by atoms with van der Waals surface area (Å²) in [5, 5.41) is 9.38. The van der Waals surface area contributed by atoms with E-state index in [1.165, 1.54) is 6.33 Å². The Kier molecular flexibility index (Phi) is 5.44. The molecular weight excluding hydrogens is 422 g/mol. The number of hydrogen-bond acceptors (Lipinski definition) is 5. The topological polar surface area (TPSA) is 64.9 Å². The van der Waals surface area contributed by atoms with Gasteiger partial charge in [-0.25, -0.2) is 14.6 Å². The van der Waals surface area contributed by atoms with E-state index < -0.39 is 0 Å². The molecule has 1 N–H and O–H groups in total. The van der Waals surface area contributed by atoms with Crippen LogP contribution in [-0.4, -0.2) is 19.7 Å². The van der Waals surface area contributed by atoms with Crippen molar-refractivity contribution < 1.29 is 4.74 Å². The summed E-state index contributed by atoms with van der Waals surface area (Å²) in [6.45, 7) is 2.48. The average Bonchev–Trinajstić information content (AvgIpc) is 3.26. The maximum absolute atomic E-state index is 6.30. The van der Waals surface area contributed by atoms with Gasteiger partial charge < -0.3 is 10.1 Å². The number of nitrogens with zero attached hydrogens (tertiary/aromatic N) is 4. The second-order valence-electron chi connectivity index (χ2n) is 7.37. The Bertz CT molecular complexity index is 1370. The van der Waals surface area contributed by atoms with Crippen LogP contribution in [-0.2, 0) is 6.61 Å². The van der Waals surface area contributed by atoms with Crippen LogP contribution >= 0.6 is 11.6 Å². The maximum atomic E-state index is 6.30. The molecule has 2 aromatic heterocycles. The van der Waals surface area contributed by atoms with E-state index >= 15 is 0 Å². The molecule has 0 spiro atoms. The molecular formula is C25H20ClN5O. The number of anilines is 2. The summed E-state index contributed by atoms with van der Waals surface area (Å²) in [4.78, 5) is 8.84. The highest BCUT2D eigenvalue weighted by molar-refractivity contribution is 6.31. The second-order valence-corrected chi connectivity index (χ2v) is 7.78. The van der Waals surface area contributed by atoms with E-state index in [-0.39, 0.29) is 0 Å². The Morgan fingerprint density at radius 1 is 0.969 bits per heavy atom. The first-order valence-corrected chi connectivity index (χ1v) is 10.5. The van der Waals surface area contributed by atoms with Crippen molar-refractivity contribution in [2.45, 2.75) is 13.5 Å². The largest absolute Gasteiger partial charge is 0.489 e. The van der Waals surface area contributed by atoms with Gasteiger partial charge in [0.25, 0.3) is 0 Å². The Labute approximate surface area is 190 Å². The molecule has 158 valence electrons. The number of halogens is 1. The van der Waals surface area contributed by atoms with E-state index in [0.29, 0.717) is 23.1 Å². The van der Waals surface area contributed by atoms with Crippen molar-refractivity contribution in [1.29, 1.82) is 0 Å². The zero-order valence-corrected chi connectivity index (χ0v) is 18.1. The molecule has 6 nitrogen and oxygen atoms in total. The fourth-order valence-electron chi connectivity index (χ4n) is 3.35. The fourth-order valence-corrected chi connectivity index (χ4v) is 3.53. The Morgan fingerprint density at radius 2 is 1.78 bits per heavy atom. The predicted molar refractivity (Wildman–Crippen MR) is 127 cm³/mol. The molecule has 5 rings (SSSR count). The van der Waals surface area contributed by atoms with Crippen LogP contribution in [0.1, 0.15) is 11.1 Å². The number of rotatable bonds is 6. The Balaban J connectivity index is 1.35. The number of aromatic nitrogens is 4. The SMILES string of the molecule is Cc1ccc(-n2ncc3c(Nc4ccc(COc5ccccc5)cc4)ncnc32)cc1Cl. The monoisotopic (exact) mass is 441 g/mol. The van der Waals surface area contributed by atoms with Crippen LogP contribution < -0.4 is 10.1 Å². The number of fused-ring (bicyclic) bond motifs is 1. The lowest BCUT2D eigenvalue weighted by atomic mass is 10.2. The van der Waals surface area contributed by atoms with Crippen molar-refractivity contribution in [2.24, 2.45) is 0 Å². The number of para-hydroxylation sites is 1. The van der Waals surface area contributed by atoms with E-state index in [4.69, 9.17) is 16.3 Å². The van der Waals surface area contributed by atoms with Gasteiger partial charge in [0.15, 0.2) is 5.65 Å². The summed E-state index contributed by atoms with van der Waals surface area (Å²) in [6.07, 6.45) is 3.29. The highest BCUT2D eigenvalue weighted by atomic mass is 35.5. The summed E-state index contributed by atoms with van der Waals surface area (Å²) < 4.78 is 7.57. The molecule has 7 heteroatoms. The summed E-state index contributed by atoms with van der Waals surface area (Å²) in [7, 11) is 0. The van der Waals surface area contributed by atoms with Crippen LogP contribution in [0.4, 0.5) is 11.5 Å². The molecule has 0 bridgehead atoms. The lowest BCUT2D eigenvalue weighted by Crippen LogP contribution is -2.00. The molecule has 0 aliphatic rings. The first kappa shape index (κ1) is 20.0. The van der Waals surface area contributed by atoms with Crippen molar-refractivity contribution in [3.63, 3.8) is 0 Å². The normalized spacial score (nSPS) is 10.9. The van der Waals surface area contributed by atoms with Gasteiger partial charge in [0.2, 0.25) is 0 Å². The van der Waals surface area contributed by atoms with Gasteiger partial charge >= 0.3 is 0 Å². The van der Waals surface area contributed by atoms with E-state index in [0.717, 1.165) is 33.6 Å². The summed E-state index contributed by atoms with van der Waals surface area (Å²) >= 11 is 6.30. The number of hydrogen-bond donors (Lipinski definition) is 1. The minimum absolute atomic E-state index is 0.508. The zero-order valence-electron chi connectivity index (χ0n) is 17.4. The van der Waals surface area contributed by atoms with Crippen LogP contribution in [0.25, 0.3) is 16.7 Å². The summed E-state index contributed by atoms with van der Waals surface area (Å²) in [5.41, 5.74) is 4.57. The number of aryl methyl sites for hydroxylation is 1. The zero-order chi connectivity index (χ0) is 21.9. The van der Waals surface area contributed by atoms with Gasteiger partial charge in [-0.3, -0.25) is 0 Å². The molecule has 0 unspecified atom stereocenters. The molecule has 3 aromatic carbocycles. The highest BCUT2D eigenvalue weighted by Gasteiger charge is 2.12. The first-order valence-electron chi connectivity index (χ1n) is 10.2. The lowest BCUT2D eigenvalue weighted by Gasteiger charge is -2.09. The molecule has 0 radical (unpaired) electrons. The standard InChI is InChI=1S/C25H20ClN5O/c1-17-7-12-20(13-23(17)26)31-25-22(14-29-31)24(27-16-28-25)30-19-10-8-18(9-11-19)15-32-21-5-3-2-4-6-21/h2-14,16H,15H2,1H3,(H,27,28,30). The number of ether oxygens (including phenoxy) is 1. The van der Waals surface area contributed by atoms with Gasteiger partial charge in [0.1, 0.15) is 24.5 Å². The fraction of sp³-hybridized carbons (Fsp3) is 0.0800. The second kappa shape index (κ2) is 8.69. The third-order valence-electron chi connectivity index (χ3n) is 5.13. The van der Waals surface area contributed by atoms with Crippen molar-refractivity contribution in [3.8, 4) is 11.4 Å². The Morgan fingerprint density at radius 3 is 2.56 bits per heavy atom. The smallest absolute Gasteiger partial charge is 0.168 e. The van der Waals surface area contributed by atoms with Gasteiger partial charge in [-0.1, -0.05) is 48.0 Å². The molecule has 0 aliphatic carbocycles. The van der Waals surface area contributed by atoms with Gasteiger partial charge in [-0.15, -0.1) is 0 Å². The molecule has 2 heterocycles. The minimum atomic E-state index is 0.508. The van der Waals surface area contributed by atoms with Gasteiger partial charge in [0.05, 0.1) is 17.3 Å². The van der Waals surface area contributed by atoms with Gasteiger partial charge in [0, 0.05) is 10.7 Å². The molecule has 0 saturated heterocycles. The third-order valence-corrected chi connectivity index (χ3v) is 5.54. The Hall–Kier alpha value is -3.90. The van der Waals surface area contributed by atoms with E-state index in [9.17, 15) is 0 Å². The lowest BCUT2D eigenvalue weighted by molar-refractivity contribution is 0.306. The number of nitrogens with one attached hydrogen (secondary N) is 1. The van der Waals surface area contributed by atoms with E-state index in [1.807, 2.05) is 79.7 Å². The summed E-state index contributed by atoms with van der Waals surface area (Å²) in [6, 6.07) is 23.7. The average molecular weight is 442 g/mol. The van der Waals surface area contributed by atoms with Crippen LogP contribution in [0.5, 0.6) is 5.75 Å². The maximum Gasteiger partial charge on any atom is 0.168 e. The molecule has 0 atom stereocenters. The molecule has 0 amide bonds. The van der Waals surface area contributed by atoms with Crippen molar-refractivity contribution >= 4 is 34.1 Å². The molecule has 32 heavy (non-hydrogen) atoms. The highest BCUT2D eigenvalue weighted by Crippen LogP contribution is 2.26. The first-order chi connectivity index (χ1) is 15.7. The van der Waals surface area contributed by atoms with Crippen LogP contribution in [0.3, 0.4) is 0 Å². The third kappa shape index (κ3) is 4.13. The van der Waals surface area contributed by atoms with Crippen LogP contribution in [0.15, 0.2) is 85.3 Å². The quantitative estimate of drug-likeness (QED) is 0.345. The van der Waals surface area contributed by atoms with Crippen molar-refractivity contribution in [2.75, 3.05) is 5.32 Å². The minimum Gasteiger partial charge on any atom is -0.489 e. The molecule has 0 aliphatic heterocycles. The van der Waals surface area contributed by atoms with Crippen LogP contribution in [0, 0.1) is 6.92 Å².